The van der Waals surface area contributed by atoms with E-state index in [9.17, 15) is 28.8 Å². The summed E-state index contributed by atoms with van der Waals surface area (Å²) < 4.78 is 1.74. The van der Waals surface area contributed by atoms with Crippen LogP contribution in [0.5, 0.6) is 0 Å². The molecule has 7 N–H and O–H groups in total. The van der Waals surface area contributed by atoms with Crippen LogP contribution in [0.1, 0.15) is 38.3 Å². The minimum absolute atomic E-state index is 0.265. The number of anilines is 2. The van der Waals surface area contributed by atoms with Crippen molar-refractivity contribution in [1.29, 1.82) is 0 Å². The van der Waals surface area contributed by atoms with Gasteiger partial charge in [-0.25, -0.2) is 14.6 Å². The number of fused-ring (bicyclic) bond motifs is 1. The van der Waals surface area contributed by atoms with E-state index >= 15 is 0 Å². The summed E-state index contributed by atoms with van der Waals surface area (Å²) in [4.78, 5) is 81.3. The molecule has 3 atom stereocenters. The number of rotatable bonds is 12. The maximum Gasteiger partial charge on any atom is 0.405 e. The highest BCUT2D eigenvalue weighted by Crippen LogP contribution is 2.30. The summed E-state index contributed by atoms with van der Waals surface area (Å²) in [5, 5.41) is 30.6. The summed E-state index contributed by atoms with van der Waals surface area (Å²) in [6.07, 6.45) is 1.87. The van der Waals surface area contributed by atoms with E-state index in [0.29, 0.717) is 35.6 Å². The molecule has 0 unspecified atom stereocenters. The van der Waals surface area contributed by atoms with Crippen LogP contribution in [0.3, 0.4) is 0 Å². The Hall–Kier alpha value is -5.97. The Morgan fingerprint density at radius 2 is 1.62 bits per heavy atom. The molecule has 262 valence electrons. The van der Waals surface area contributed by atoms with Crippen molar-refractivity contribution in [2.45, 2.75) is 44.8 Å². The molecule has 0 spiro atoms. The lowest BCUT2D eigenvalue weighted by Gasteiger charge is -2.29. The van der Waals surface area contributed by atoms with E-state index in [0.717, 1.165) is 10.4 Å². The summed E-state index contributed by atoms with van der Waals surface area (Å²) in [5.41, 5.74) is 1.82. The summed E-state index contributed by atoms with van der Waals surface area (Å²) in [7, 11) is 0. The molecular weight excluding hydrogens is 668 g/mol. The van der Waals surface area contributed by atoms with Crippen LogP contribution in [0, 0.1) is 5.92 Å². The van der Waals surface area contributed by atoms with Gasteiger partial charge >= 0.3 is 12.2 Å². The van der Waals surface area contributed by atoms with Crippen molar-refractivity contribution in [2.75, 3.05) is 23.7 Å². The van der Waals surface area contributed by atoms with E-state index < -0.39 is 54.6 Å². The molecule has 1 aliphatic rings. The number of nitrogens with zero attached hydrogens (tertiary/aromatic N) is 3. The minimum Gasteiger partial charge on any atom is -0.465 e. The topological polar surface area (TPSA) is 224 Å². The van der Waals surface area contributed by atoms with Gasteiger partial charge in [-0.1, -0.05) is 67.6 Å². The number of carboxylic acid groups (broad SMARTS) is 2. The van der Waals surface area contributed by atoms with Gasteiger partial charge in [-0.3, -0.25) is 23.6 Å². The third-order valence-electron chi connectivity index (χ3n) is 8.00. The minimum atomic E-state index is -1.38. The number of carbonyl (C=O) groups is 6. The molecule has 6 amide bonds. The van der Waals surface area contributed by atoms with Crippen molar-refractivity contribution >= 4 is 63.6 Å². The first-order valence-corrected chi connectivity index (χ1v) is 16.5. The van der Waals surface area contributed by atoms with Gasteiger partial charge in [0.2, 0.25) is 23.6 Å². The van der Waals surface area contributed by atoms with E-state index in [4.69, 9.17) is 10.2 Å². The Bertz CT molecular complexity index is 1860. The van der Waals surface area contributed by atoms with Crippen LogP contribution in [0.15, 0.2) is 67.0 Å². The molecule has 1 saturated heterocycles. The Labute approximate surface area is 289 Å². The number of hydrogen-bond donors (Lipinski definition) is 7. The largest absolute Gasteiger partial charge is 0.465 e. The van der Waals surface area contributed by atoms with Gasteiger partial charge in [0.05, 0.1) is 17.6 Å². The predicted octanol–water partition coefficient (Wildman–Crippen LogP) is 3.35. The van der Waals surface area contributed by atoms with Crippen molar-refractivity contribution in [3.63, 3.8) is 0 Å². The second-order valence-corrected chi connectivity index (χ2v) is 12.9. The van der Waals surface area contributed by atoms with Gasteiger partial charge in [0.1, 0.15) is 18.1 Å². The van der Waals surface area contributed by atoms with Gasteiger partial charge in [0.25, 0.3) is 0 Å². The lowest BCUT2D eigenvalue weighted by molar-refractivity contribution is -0.139. The van der Waals surface area contributed by atoms with Crippen LogP contribution < -0.4 is 26.6 Å². The van der Waals surface area contributed by atoms with E-state index in [1.54, 1.807) is 66.9 Å². The van der Waals surface area contributed by atoms with Gasteiger partial charge in [-0.15, -0.1) is 0 Å². The number of hydrogen-bond acceptors (Lipinski definition) is 8. The maximum atomic E-state index is 13.2. The number of amides is 6. The number of carbonyl (C=O) groups excluding carboxylic acids is 4. The monoisotopic (exact) mass is 704 g/mol. The van der Waals surface area contributed by atoms with Gasteiger partial charge in [0, 0.05) is 18.4 Å². The van der Waals surface area contributed by atoms with Gasteiger partial charge in [-0.05, 0) is 42.0 Å². The third kappa shape index (κ3) is 8.54. The fourth-order valence-electron chi connectivity index (χ4n) is 5.59. The van der Waals surface area contributed by atoms with E-state index in [1.807, 2.05) is 18.3 Å². The predicted molar refractivity (Wildman–Crippen MR) is 184 cm³/mol. The van der Waals surface area contributed by atoms with Crippen LogP contribution in [0.2, 0.25) is 0 Å². The summed E-state index contributed by atoms with van der Waals surface area (Å²) in [6, 6.07) is 12.6. The molecule has 50 heavy (non-hydrogen) atoms. The number of likely N-dealkylation sites (tertiary alicyclic amines) is 1. The molecule has 16 nitrogen and oxygen atoms in total. The second kappa shape index (κ2) is 15.5. The van der Waals surface area contributed by atoms with Crippen molar-refractivity contribution in [3.05, 3.63) is 72.6 Å². The summed E-state index contributed by atoms with van der Waals surface area (Å²) in [6.45, 7) is 3.44. The molecular formula is C33H36N8O8S. The average Bonchev–Trinajstić information content (AvgIpc) is 3.81. The number of imidazole rings is 1. The molecule has 2 aromatic carbocycles. The third-order valence-corrected chi connectivity index (χ3v) is 9.04. The highest BCUT2D eigenvalue weighted by atomic mass is 32.1. The Kier molecular flexibility index (Phi) is 11.0. The Morgan fingerprint density at radius 3 is 2.26 bits per heavy atom. The number of aromatic nitrogens is 2. The molecule has 1 fully saturated rings. The molecule has 0 radical (unpaired) electrons. The molecule has 17 heteroatoms. The van der Waals surface area contributed by atoms with Gasteiger partial charge in [-0.2, -0.15) is 0 Å². The van der Waals surface area contributed by atoms with Crippen LogP contribution in [0.25, 0.3) is 15.4 Å². The molecule has 5 rings (SSSR count). The SMILES string of the molecule is CC(C)[C@H](NC(=O)O)C(=O)N1CCC[C@H]1C(=O)Nc1ccc(-c2cn3cc(NC(=O)CNC(=O)[C@H](NC(=O)O)c4ccccc4)nc3s2)cc1. The zero-order valence-corrected chi connectivity index (χ0v) is 27.9. The van der Waals surface area contributed by atoms with Crippen molar-refractivity contribution < 1.29 is 39.0 Å². The molecule has 0 aliphatic carbocycles. The van der Waals surface area contributed by atoms with E-state index in [-0.39, 0.29) is 17.6 Å². The normalized spacial score (nSPS) is 15.3. The van der Waals surface area contributed by atoms with E-state index in [1.165, 1.54) is 16.2 Å². The molecule has 0 saturated carbocycles. The molecule has 4 aromatic rings. The Morgan fingerprint density at radius 1 is 0.920 bits per heavy atom. The molecule has 2 aromatic heterocycles. The lowest BCUT2D eigenvalue weighted by atomic mass is 10.0. The van der Waals surface area contributed by atoms with Crippen LogP contribution in [-0.2, 0) is 19.2 Å². The lowest BCUT2D eigenvalue weighted by Crippen LogP contribution is -2.54. The zero-order valence-electron chi connectivity index (χ0n) is 27.1. The molecule has 0 bridgehead atoms. The van der Waals surface area contributed by atoms with Crippen LogP contribution in [0.4, 0.5) is 21.1 Å². The zero-order chi connectivity index (χ0) is 35.9. The van der Waals surface area contributed by atoms with Gasteiger partial charge < -0.3 is 41.7 Å². The number of benzene rings is 2. The first-order chi connectivity index (χ1) is 23.9. The highest BCUT2D eigenvalue weighted by molar-refractivity contribution is 7.20. The quantitative estimate of drug-likeness (QED) is 0.115. The van der Waals surface area contributed by atoms with Crippen molar-refractivity contribution in [1.82, 2.24) is 30.2 Å². The van der Waals surface area contributed by atoms with Crippen LogP contribution >= 0.6 is 11.3 Å². The fourth-order valence-corrected chi connectivity index (χ4v) is 6.56. The average molecular weight is 705 g/mol. The second-order valence-electron chi connectivity index (χ2n) is 11.9. The number of nitrogens with one attached hydrogen (secondary N) is 5. The maximum absolute atomic E-state index is 13.2. The Balaban J connectivity index is 1.15. The summed E-state index contributed by atoms with van der Waals surface area (Å²) >= 11 is 1.36. The first-order valence-electron chi connectivity index (χ1n) is 15.7. The summed E-state index contributed by atoms with van der Waals surface area (Å²) in [5.74, 6) is -2.03. The van der Waals surface area contributed by atoms with Crippen molar-refractivity contribution in [2.24, 2.45) is 5.92 Å². The first kappa shape index (κ1) is 35.3. The molecule has 1 aliphatic heterocycles. The van der Waals surface area contributed by atoms with Gasteiger partial charge in [0.15, 0.2) is 10.8 Å². The van der Waals surface area contributed by atoms with E-state index in [2.05, 4.69) is 31.6 Å². The van der Waals surface area contributed by atoms with Crippen LogP contribution in [-0.4, -0.2) is 85.5 Å². The van der Waals surface area contributed by atoms with Crippen molar-refractivity contribution in [3.8, 4) is 10.4 Å². The molecule has 3 heterocycles. The fraction of sp³-hybridized carbons (Fsp3) is 0.303. The highest BCUT2D eigenvalue weighted by Gasteiger charge is 2.38. The standard InChI is InChI=1S/C33H36N8O8S/c1-18(2)26(38-32(46)47)30(45)41-14-6-9-22(41)28(43)35-21-12-10-19(11-13-21)23-16-40-17-24(37-31(40)50-23)36-25(42)15-34-29(44)27(39-33(48)49)20-7-4-3-5-8-20/h3-5,7-8,10-13,16-18,22,26-27,38-39H,6,9,14-15H2,1-2H3,(H,34,44)(H,35,43)(H,36,42)(H,46,47)(H,48,49)/t22-,26-,27+/m0/s1. The smallest absolute Gasteiger partial charge is 0.405 e. The number of thiazole rings is 1.